The highest BCUT2D eigenvalue weighted by Gasteiger charge is 2.38. The Morgan fingerprint density at radius 3 is 2.76 bits per heavy atom. The second kappa shape index (κ2) is 7.49. The zero-order valence-electron chi connectivity index (χ0n) is 14.8. The molecule has 8 nitrogen and oxygen atoms in total. The molecular formula is C18H14F3N5O3. The number of pyridine rings is 2. The molecule has 1 atom stereocenters. The molecule has 4 rings (SSSR count). The van der Waals surface area contributed by atoms with Crippen molar-refractivity contribution in [2.75, 3.05) is 13.1 Å². The van der Waals surface area contributed by atoms with Gasteiger partial charge < -0.3 is 14.2 Å². The van der Waals surface area contributed by atoms with Gasteiger partial charge in [-0.2, -0.15) is 18.2 Å². The number of amides is 1. The monoisotopic (exact) mass is 405 g/mol. The minimum atomic E-state index is -4.71. The van der Waals surface area contributed by atoms with Gasteiger partial charge in [0.15, 0.2) is 0 Å². The molecule has 0 aromatic carbocycles. The molecule has 3 aromatic heterocycles. The number of carbonyl (C=O) groups excluding carboxylic acids is 1. The molecule has 0 radical (unpaired) electrons. The standard InChI is InChI=1S/C18H14F3N5O3/c19-18(20,21)17-24-15(25-29-17)14-4-3-12(9-23-14)28-13-5-7-26(10-13)16(27)11-2-1-6-22-8-11/h1-4,6,8-9,13H,5,7,10H2/t13-/m0/s1. The summed E-state index contributed by atoms with van der Waals surface area (Å²) in [5.41, 5.74) is 0.633. The quantitative estimate of drug-likeness (QED) is 0.659. The minimum Gasteiger partial charge on any atom is -0.487 e. The summed E-state index contributed by atoms with van der Waals surface area (Å²) in [4.78, 5) is 25.4. The van der Waals surface area contributed by atoms with Gasteiger partial charge in [-0.25, -0.2) is 4.98 Å². The maximum atomic E-state index is 12.5. The van der Waals surface area contributed by atoms with Crippen LogP contribution in [-0.2, 0) is 6.18 Å². The van der Waals surface area contributed by atoms with E-state index in [9.17, 15) is 18.0 Å². The molecule has 1 aliphatic heterocycles. The lowest BCUT2D eigenvalue weighted by Gasteiger charge is -2.17. The number of hydrogen-bond acceptors (Lipinski definition) is 7. The summed E-state index contributed by atoms with van der Waals surface area (Å²) in [6, 6.07) is 6.39. The lowest BCUT2D eigenvalue weighted by Crippen LogP contribution is -2.31. The lowest BCUT2D eigenvalue weighted by molar-refractivity contribution is -0.159. The van der Waals surface area contributed by atoms with Gasteiger partial charge in [-0.15, -0.1) is 0 Å². The van der Waals surface area contributed by atoms with Crippen LogP contribution in [0.15, 0.2) is 47.4 Å². The van der Waals surface area contributed by atoms with Crippen molar-refractivity contribution in [1.29, 1.82) is 0 Å². The van der Waals surface area contributed by atoms with Crippen molar-refractivity contribution in [3.8, 4) is 17.3 Å². The van der Waals surface area contributed by atoms with Crippen molar-refractivity contribution < 1.29 is 27.2 Å². The van der Waals surface area contributed by atoms with E-state index in [0.29, 0.717) is 30.8 Å². The maximum Gasteiger partial charge on any atom is 0.471 e. The van der Waals surface area contributed by atoms with Gasteiger partial charge in [0.2, 0.25) is 5.82 Å². The van der Waals surface area contributed by atoms with Crippen molar-refractivity contribution in [2.24, 2.45) is 0 Å². The highest BCUT2D eigenvalue weighted by atomic mass is 19.4. The molecular weight excluding hydrogens is 391 g/mol. The summed E-state index contributed by atoms with van der Waals surface area (Å²) < 4.78 is 47.6. The van der Waals surface area contributed by atoms with E-state index in [1.54, 1.807) is 29.3 Å². The number of halogens is 3. The third-order valence-electron chi connectivity index (χ3n) is 4.28. The number of likely N-dealkylation sites (tertiary alicyclic amines) is 1. The molecule has 1 amide bonds. The third-order valence-corrected chi connectivity index (χ3v) is 4.28. The summed E-state index contributed by atoms with van der Waals surface area (Å²) in [6.45, 7) is 0.961. The Morgan fingerprint density at radius 2 is 2.10 bits per heavy atom. The summed E-state index contributed by atoms with van der Waals surface area (Å²) in [5, 5.41) is 3.29. The molecule has 11 heteroatoms. The van der Waals surface area contributed by atoms with Gasteiger partial charge in [0, 0.05) is 25.4 Å². The number of carbonyl (C=O) groups is 1. The van der Waals surface area contributed by atoms with Gasteiger partial charge in [-0.1, -0.05) is 5.16 Å². The second-order valence-corrected chi connectivity index (χ2v) is 6.32. The molecule has 0 N–H and O–H groups in total. The number of alkyl halides is 3. The Bertz CT molecular complexity index is 992. The van der Waals surface area contributed by atoms with Crippen molar-refractivity contribution >= 4 is 5.91 Å². The van der Waals surface area contributed by atoms with Crippen molar-refractivity contribution in [1.82, 2.24) is 25.0 Å². The highest BCUT2D eigenvalue weighted by molar-refractivity contribution is 5.94. The van der Waals surface area contributed by atoms with Crippen LogP contribution in [-0.4, -0.2) is 50.1 Å². The van der Waals surface area contributed by atoms with E-state index in [1.807, 2.05) is 0 Å². The van der Waals surface area contributed by atoms with Crippen LogP contribution in [0.3, 0.4) is 0 Å². The van der Waals surface area contributed by atoms with Gasteiger partial charge >= 0.3 is 12.1 Å². The number of rotatable bonds is 4. The molecule has 4 heterocycles. The van der Waals surface area contributed by atoms with Gasteiger partial charge in [-0.05, 0) is 24.3 Å². The zero-order valence-corrected chi connectivity index (χ0v) is 14.8. The van der Waals surface area contributed by atoms with Crippen LogP contribution in [0.25, 0.3) is 11.5 Å². The molecule has 0 spiro atoms. The Morgan fingerprint density at radius 1 is 1.24 bits per heavy atom. The summed E-state index contributed by atoms with van der Waals surface area (Å²) in [5.74, 6) is -1.39. The van der Waals surface area contributed by atoms with Gasteiger partial charge in [0.05, 0.1) is 18.3 Å². The Balaban J connectivity index is 1.37. The molecule has 0 aliphatic carbocycles. The molecule has 0 bridgehead atoms. The average molecular weight is 405 g/mol. The fourth-order valence-electron chi connectivity index (χ4n) is 2.90. The topological polar surface area (TPSA) is 94.2 Å². The van der Waals surface area contributed by atoms with Crippen LogP contribution in [0.1, 0.15) is 22.7 Å². The van der Waals surface area contributed by atoms with Crippen molar-refractivity contribution in [2.45, 2.75) is 18.7 Å². The van der Waals surface area contributed by atoms with Crippen LogP contribution in [0.2, 0.25) is 0 Å². The van der Waals surface area contributed by atoms with E-state index in [1.165, 1.54) is 18.5 Å². The van der Waals surface area contributed by atoms with E-state index < -0.39 is 12.1 Å². The van der Waals surface area contributed by atoms with Gasteiger partial charge in [0.25, 0.3) is 5.91 Å². The summed E-state index contributed by atoms with van der Waals surface area (Å²) >= 11 is 0. The largest absolute Gasteiger partial charge is 0.487 e. The molecule has 0 unspecified atom stereocenters. The van der Waals surface area contributed by atoms with Gasteiger partial charge in [0.1, 0.15) is 17.5 Å². The molecule has 3 aromatic rings. The minimum absolute atomic E-state index is 0.116. The first-order chi connectivity index (χ1) is 13.9. The molecule has 150 valence electrons. The smallest absolute Gasteiger partial charge is 0.471 e. The Hall–Kier alpha value is -3.50. The van der Waals surface area contributed by atoms with Crippen LogP contribution >= 0.6 is 0 Å². The number of nitrogens with zero attached hydrogens (tertiary/aromatic N) is 5. The summed E-state index contributed by atoms with van der Waals surface area (Å²) in [6.07, 6.45) is 0.196. The first-order valence-corrected chi connectivity index (χ1v) is 8.63. The number of hydrogen-bond donors (Lipinski definition) is 0. The molecule has 1 aliphatic rings. The van der Waals surface area contributed by atoms with E-state index in [2.05, 4.69) is 24.6 Å². The maximum absolute atomic E-state index is 12.5. The van der Waals surface area contributed by atoms with E-state index >= 15 is 0 Å². The normalized spacial score (nSPS) is 16.8. The van der Waals surface area contributed by atoms with E-state index in [-0.39, 0.29) is 23.5 Å². The molecule has 1 fully saturated rings. The van der Waals surface area contributed by atoms with Crippen LogP contribution < -0.4 is 4.74 Å². The SMILES string of the molecule is O=C(c1cccnc1)N1CC[C@H](Oc2ccc(-c3noc(C(F)(F)F)n3)nc2)C1. The zero-order chi connectivity index (χ0) is 20.4. The predicted molar refractivity (Wildman–Crippen MR) is 91.7 cm³/mol. The lowest BCUT2D eigenvalue weighted by atomic mass is 10.2. The van der Waals surface area contributed by atoms with Gasteiger partial charge in [-0.3, -0.25) is 9.78 Å². The Labute approximate surface area is 162 Å². The second-order valence-electron chi connectivity index (χ2n) is 6.32. The van der Waals surface area contributed by atoms with Crippen LogP contribution in [0.5, 0.6) is 5.75 Å². The highest BCUT2D eigenvalue weighted by Crippen LogP contribution is 2.29. The molecule has 0 saturated carbocycles. The fraction of sp³-hybridized carbons (Fsp3) is 0.278. The third kappa shape index (κ3) is 4.18. The van der Waals surface area contributed by atoms with Crippen LogP contribution in [0, 0.1) is 0 Å². The number of aromatic nitrogens is 4. The first-order valence-electron chi connectivity index (χ1n) is 8.63. The number of ether oxygens (including phenoxy) is 1. The van der Waals surface area contributed by atoms with E-state index in [4.69, 9.17) is 4.74 Å². The van der Waals surface area contributed by atoms with Crippen LogP contribution in [0.4, 0.5) is 13.2 Å². The molecule has 1 saturated heterocycles. The van der Waals surface area contributed by atoms with Crippen molar-refractivity contribution in [3.05, 3.63) is 54.3 Å². The first kappa shape index (κ1) is 18.8. The molecule has 29 heavy (non-hydrogen) atoms. The predicted octanol–water partition coefficient (Wildman–Crippen LogP) is 2.84. The summed E-state index contributed by atoms with van der Waals surface area (Å²) in [7, 11) is 0. The average Bonchev–Trinajstić information content (AvgIpc) is 3.38. The van der Waals surface area contributed by atoms with Crippen molar-refractivity contribution in [3.63, 3.8) is 0 Å². The van der Waals surface area contributed by atoms with E-state index in [0.717, 1.165) is 0 Å². The Kier molecular flexibility index (Phi) is 4.87. The fourth-order valence-corrected chi connectivity index (χ4v) is 2.90.